The number of H-pyrrole nitrogens is 1. The molecule has 0 saturated heterocycles. The summed E-state index contributed by atoms with van der Waals surface area (Å²) in [6, 6.07) is 12.3. The lowest BCUT2D eigenvalue weighted by molar-refractivity contribution is 0.628. The summed E-state index contributed by atoms with van der Waals surface area (Å²) in [4.78, 5) is 0. The molecule has 0 unspecified atom stereocenters. The van der Waals surface area contributed by atoms with E-state index in [1.807, 2.05) is 24.3 Å². The highest BCUT2D eigenvalue weighted by molar-refractivity contribution is 14.1. The molecule has 1 heterocycles. The Bertz CT molecular complexity index is 816. The lowest BCUT2D eigenvalue weighted by Gasteiger charge is -2.07. The molecule has 0 radical (unpaired) electrons. The van der Waals surface area contributed by atoms with E-state index in [1.54, 1.807) is 6.07 Å². The molecule has 0 amide bonds. The van der Waals surface area contributed by atoms with Crippen LogP contribution in [0.4, 0.5) is 10.2 Å². The van der Waals surface area contributed by atoms with Gasteiger partial charge in [0.05, 0.1) is 11.3 Å². The standard InChI is InChI=1S/C15H10BrFIN3/c16-9-4-5-12(18)11(7-9)14-13(15(19)21-20-14)8-2-1-3-10(17)6-8/h1-7H,(H3,19,20,21). The molecule has 0 aliphatic carbocycles. The molecule has 1 aromatic heterocycles. The van der Waals surface area contributed by atoms with Gasteiger partial charge in [0.1, 0.15) is 5.82 Å². The second-order valence-electron chi connectivity index (χ2n) is 4.49. The number of nitrogens with two attached hydrogens (primary N) is 1. The normalized spacial score (nSPS) is 10.8. The van der Waals surface area contributed by atoms with Crippen LogP contribution in [0, 0.1) is 9.39 Å². The number of nitrogen functional groups attached to an aromatic ring is 1. The molecule has 0 spiro atoms. The highest BCUT2D eigenvalue weighted by Gasteiger charge is 2.17. The van der Waals surface area contributed by atoms with Gasteiger partial charge >= 0.3 is 0 Å². The fraction of sp³-hybridized carbons (Fsp3) is 0. The molecule has 106 valence electrons. The molecule has 0 saturated carbocycles. The van der Waals surface area contributed by atoms with Crippen LogP contribution in [-0.4, -0.2) is 10.2 Å². The maximum absolute atomic E-state index is 13.5. The van der Waals surface area contributed by atoms with Crippen LogP contribution < -0.4 is 5.73 Å². The SMILES string of the molecule is Nc1n[nH]c(-c2cc(Br)ccc2I)c1-c1cccc(F)c1. The molecule has 2 aromatic carbocycles. The molecule has 0 bridgehead atoms. The van der Waals surface area contributed by atoms with E-state index in [0.717, 1.165) is 19.3 Å². The highest BCUT2D eigenvalue weighted by atomic mass is 127. The van der Waals surface area contributed by atoms with Gasteiger partial charge in [0.25, 0.3) is 0 Å². The van der Waals surface area contributed by atoms with Crippen LogP contribution in [0.5, 0.6) is 0 Å². The first-order valence-electron chi connectivity index (χ1n) is 6.11. The minimum Gasteiger partial charge on any atom is -0.382 e. The van der Waals surface area contributed by atoms with Crippen LogP contribution in [0.1, 0.15) is 0 Å². The maximum Gasteiger partial charge on any atom is 0.153 e. The Morgan fingerprint density at radius 1 is 1.19 bits per heavy atom. The second kappa shape index (κ2) is 5.76. The summed E-state index contributed by atoms with van der Waals surface area (Å²) in [5.74, 6) is 0.0503. The molecule has 6 heteroatoms. The summed E-state index contributed by atoms with van der Waals surface area (Å²) in [6.45, 7) is 0. The number of nitrogens with one attached hydrogen (secondary N) is 1. The Kier molecular flexibility index (Phi) is 3.99. The van der Waals surface area contributed by atoms with Crippen LogP contribution in [0.15, 0.2) is 46.9 Å². The highest BCUT2D eigenvalue weighted by Crippen LogP contribution is 2.37. The molecule has 0 aliphatic heterocycles. The van der Waals surface area contributed by atoms with Crippen LogP contribution in [0.3, 0.4) is 0 Å². The summed E-state index contributed by atoms with van der Waals surface area (Å²) in [7, 11) is 0. The predicted molar refractivity (Wildman–Crippen MR) is 94.2 cm³/mol. The van der Waals surface area contributed by atoms with E-state index in [-0.39, 0.29) is 5.82 Å². The average Bonchev–Trinajstić information content (AvgIpc) is 2.83. The summed E-state index contributed by atoms with van der Waals surface area (Å²) >= 11 is 5.71. The average molecular weight is 458 g/mol. The molecular weight excluding hydrogens is 448 g/mol. The lowest BCUT2D eigenvalue weighted by atomic mass is 10.0. The maximum atomic E-state index is 13.5. The van der Waals surface area contributed by atoms with Gasteiger partial charge in [-0.25, -0.2) is 4.39 Å². The third-order valence-corrected chi connectivity index (χ3v) is 4.54. The summed E-state index contributed by atoms with van der Waals surface area (Å²) in [5.41, 5.74) is 9.13. The van der Waals surface area contributed by atoms with E-state index in [2.05, 4.69) is 48.7 Å². The number of anilines is 1. The summed E-state index contributed by atoms with van der Waals surface area (Å²) in [5, 5.41) is 7.03. The van der Waals surface area contributed by atoms with Gasteiger partial charge in [0.15, 0.2) is 5.82 Å². The van der Waals surface area contributed by atoms with E-state index < -0.39 is 0 Å². The molecule has 3 aromatic rings. The zero-order valence-electron chi connectivity index (χ0n) is 10.7. The molecular formula is C15H10BrFIN3. The van der Waals surface area contributed by atoms with Crippen LogP contribution in [-0.2, 0) is 0 Å². The molecule has 0 aliphatic rings. The largest absolute Gasteiger partial charge is 0.382 e. The molecule has 0 atom stereocenters. The number of hydrogen-bond donors (Lipinski definition) is 2. The van der Waals surface area contributed by atoms with Crippen molar-refractivity contribution in [3.63, 3.8) is 0 Å². The Balaban J connectivity index is 2.24. The predicted octanol–water partition coefficient (Wildman–Crippen LogP) is 4.83. The van der Waals surface area contributed by atoms with Gasteiger partial charge < -0.3 is 5.73 Å². The third kappa shape index (κ3) is 2.82. The fourth-order valence-electron chi connectivity index (χ4n) is 2.18. The number of halogens is 3. The Hall–Kier alpha value is -1.41. The van der Waals surface area contributed by atoms with Gasteiger partial charge in [-0.05, 0) is 58.5 Å². The first kappa shape index (κ1) is 14.5. The number of hydrogen-bond acceptors (Lipinski definition) is 2. The van der Waals surface area contributed by atoms with E-state index in [4.69, 9.17) is 5.73 Å². The van der Waals surface area contributed by atoms with E-state index in [0.29, 0.717) is 16.9 Å². The van der Waals surface area contributed by atoms with Gasteiger partial charge in [0, 0.05) is 13.6 Å². The second-order valence-corrected chi connectivity index (χ2v) is 6.57. The van der Waals surface area contributed by atoms with Gasteiger partial charge in [-0.15, -0.1) is 0 Å². The fourth-order valence-corrected chi connectivity index (χ4v) is 3.14. The minimum absolute atomic E-state index is 0.303. The Morgan fingerprint density at radius 2 is 2.00 bits per heavy atom. The number of nitrogens with zero attached hydrogens (tertiary/aromatic N) is 1. The zero-order chi connectivity index (χ0) is 15.0. The van der Waals surface area contributed by atoms with Crippen molar-refractivity contribution in [2.45, 2.75) is 0 Å². The molecule has 3 rings (SSSR count). The minimum atomic E-state index is -0.303. The quantitative estimate of drug-likeness (QED) is 0.541. The molecule has 0 fully saturated rings. The van der Waals surface area contributed by atoms with Crippen LogP contribution in [0.25, 0.3) is 22.4 Å². The summed E-state index contributed by atoms with van der Waals surface area (Å²) in [6.07, 6.45) is 0. The number of aromatic nitrogens is 2. The molecule has 21 heavy (non-hydrogen) atoms. The van der Waals surface area contributed by atoms with Crippen LogP contribution in [0.2, 0.25) is 0 Å². The van der Waals surface area contributed by atoms with E-state index in [1.165, 1.54) is 12.1 Å². The van der Waals surface area contributed by atoms with Crippen molar-refractivity contribution in [2.75, 3.05) is 5.73 Å². The van der Waals surface area contributed by atoms with E-state index >= 15 is 0 Å². The number of benzene rings is 2. The molecule has 3 nitrogen and oxygen atoms in total. The van der Waals surface area contributed by atoms with Gasteiger partial charge in [0.2, 0.25) is 0 Å². The molecule has 3 N–H and O–H groups in total. The van der Waals surface area contributed by atoms with Gasteiger partial charge in [-0.3, -0.25) is 5.10 Å². The number of rotatable bonds is 2. The van der Waals surface area contributed by atoms with E-state index in [9.17, 15) is 4.39 Å². The van der Waals surface area contributed by atoms with Crippen molar-refractivity contribution in [1.82, 2.24) is 10.2 Å². The van der Waals surface area contributed by atoms with Crippen molar-refractivity contribution in [3.05, 3.63) is 56.3 Å². The number of aromatic amines is 1. The smallest absolute Gasteiger partial charge is 0.153 e. The Morgan fingerprint density at radius 3 is 2.76 bits per heavy atom. The van der Waals surface area contributed by atoms with Crippen molar-refractivity contribution in [1.29, 1.82) is 0 Å². The van der Waals surface area contributed by atoms with Crippen molar-refractivity contribution in [3.8, 4) is 22.4 Å². The monoisotopic (exact) mass is 457 g/mol. The van der Waals surface area contributed by atoms with Gasteiger partial charge in [-0.2, -0.15) is 5.10 Å². The zero-order valence-corrected chi connectivity index (χ0v) is 14.4. The van der Waals surface area contributed by atoms with Crippen LogP contribution >= 0.6 is 38.5 Å². The van der Waals surface area contributed by atoms with Crippen molar-refractivity contribution >= 4 is 44.3 Å². The van der Waals surface area contributed by atoms with Crippen molar-refractivity contribution < 1.29 is 4.39 Å². The Labute approximate surface area is 143 Å². The summed E-state index contributed by atoms with van der Waals surface area (Å²) < 4.78 is 15.5. The lowest BCUT2D eigenvalue weighted by Crippen LogP contribution is -1.90. The topological polar surface area (TPSA) is 54.7 Å². The first-order valence-corrected chi connectivity index (χ1v) is 7.98. The third-order valence-electron chi connectivity index (χ3n) is 3.11. The first-order chi connectivity index (χ1) is 10.1. The van der Waals surface area contributed by atoms with Crippen molar-refractivity contribution in [2.24, 2.45) is 0 Å². The van der Waals surface area contributed by atoms with Gasteiger partial charge in [-0.1, -0.05) is 28.1 Å².